The minimum absolute atomic E-state index is 0. The van der Waals surface area contributed by atoms with Crippen LogP contribution in [-0.4, -0.2) is 29.5 Å². The van der Waals surface area contributed by atoms with Crippen molar-refractivity contribution in [3.63, 3.8) is 0 Å². The summed E-state index contributed by atoms with van der Waals surface area (Å²) in [5.74, 6) is 1.03. The number of hydrogen-bond donors (Lipinski definition) is 1. The van der Waals surface area contributed by atoms with Gasteiger partial charge in [-0.05, 0) is 54.8 Å². The van der Waals surface area contributed by atoms with Gasteiger partial charge in [-0.2, -0.15) is 0 Å². The molecule has 1 aliphatic heterocycles. The molecule has 4 nitrogen and oxygen atoms in total. The Balaban J connectivity index is 0.00000182. The maximum absolute atomic E-state index is 6.11. The molecule has 4 rings (SSSR count). The van der Waals surface area contributed by atoms with Crippen LogP contribution in [0.1, 0.15) is 28.5 Å². The first kappa shape index (κ1) is 17.9. The van der Waals surface area contributed by atoms with Gasteiger partial charge in [-0.15, -0.1) is 12.4 Å². The number of nitrogens with one attached hydrogen (secondary N) is 1. The number of fused-ring (bicyclic) bond motifs is 1. The van der Waals surface area contributed by atoms with Crippen LogP contribution >= 0.6 is 12.4 Å². The summed E-state index contributed by atoms with van der Waals surface area (Å²) >= 11 is 0. The van der Waals surface area contributed by atoms with Gasteiger partial charge in [-0.25, -0.2) is 0 Å². The third kappa shape index (κ3) is 3.71. The zero-order chi connectivity index (χ0) is 16.5. The van der Waals surface area contributed by atoms with E-state index in [1.54, 1.807) is 0 Å². The van der Waals surface area contributed by atoms with E-state index in [9.17, 15) is 0 Å². The third-order valence-corrected chi connectivity index (χ3v) is 4.97. The molecular formula is C20H24ClN3O. The number of rotatable bonds is 3. The van der Waals surface area contributed by atoms with Gasteiger partial charge in [0.25, 0.3) is 0 Å². The van der Waals surface area contributed by atoms with E-state index in [-0.39, 0.29) is 12.4 Å². The molecule has 1 unspecified atom stereocenters. The average Bonchev–Trinajstić information content (AvgIpc) is 2.97. The molecule has 0 radical (unpaired) electrons. The van der Waals surface area contributed by atoms with E-state index in [1.165, 1.54) is 22.1 Å². The Kier molecular flexibility index (Phi) is 5.42. The second kappa shape index (κ2) is 7.56. The second-order valence-corrected chi connectivity index (χ2v) is 6.66. The molecule has 1 fully saturated rings. The van der Waals surface area contributed by atoms with Gasteiger partial charge in [0.2, 0.25) is 0 Å². The maximum atomic E-state index is 6.11. The van der Waals surface area contributed by atoms with Gasteiger partial charge >= 0.3 is 0 Å². The number of furan rings is 1. The predicted molar refractivity (Wildman–Crippen MR) is 103 cm³/mol. The van der Waals surface area contributed by atoms with Crippen molar-refractivity contribution in [2.45, 2.75) is 26.4 Å². The fraction of sp³-hybridized carbons (Fsp3) is 0.350. The van der Waals surface area contributed by atoms with Gasteiger partial charge in [-0.3, -0.25) is 9.88 Å². The number of halogens is 1. The average molecular weight is 358 g/mol. The lowest BCUT2D eigenvalue weighted by atomic mass is 10.1. The van der Waals surface area contributed by atoms with E-state index < -0.39 is 0 Å². The Morgan fingerprint density at radius 2 is 2.08 bits per heavy atom. The Bertz CT molecular complexity index is 808. The van der Waals surface area contributed by atoms with E-state index in [1.807, 2.05) is 18.5 Å². The lowest BCUT2D eigenvalue weighted by Crippen LogP contribution is -2.45. The molecule has 1 aliphatic rings. The van der Waals surface area contributed by atoms with Gasteiger partial charge in [0.15, 0.2) is 0 Å². The van der Waals surface area contributed by atoms with Crippen molar-refractivity contribution in [2.24, 2.45) is 0 Å². The van der Waals surface area contributed by atoms with Crippen molar-refractivity contribution in [3.05, 3.63) is 65.2 Å². The van der Waals surface area contributed by atoms with Crippen LogP contribution in [-0.2, 0) is 6.54 Å². The van der Waals surface area contributed by atoms with Crippen LogP contribution in [0.25, 0.3) is 11.0 Å². The van der Waals surface area contributed by atoms with E-state index in [0.29, 0.717) is 6.04 Å². The van der Waals surface area contributed by atoms with Crippen LogP contribution < -0.4 is 5.32 Å². The predicted octanol–water partition coefficient (Wildman–Crippen LogP) is 4.01. The summed E-state index contributed by atoms with van der Waals surface area (Å²) in [5, 5.41) is 4.69. The van der Waals surface area contributed by atoms with E-state index >= 15 is 0 Å². The summed E-state index contributed by atoms with van der Waals surface area (Å²) in [7, 11) is 0. The topological polar surface area (TPSA) is 41.3 Å². The highest BCUT2D eigenvalue weighted by Gasteiger charge is 2.25. The smallest absolute Gasteiger partial charge is 0.134 e. The summed E-state index contributed by atoms with van der Waals surface area (Å²) in [6, 6.07) is 11.0. The summed E-state index contributed by atoms with van der Waals surface area (Å²) in [6.45, 7) is 8.07. The highest BCUT2D eigenvalue weighted by atomic mass is 35.5. The van der Waals surface area contributed by atoms with Gasteiger partial charge in [-0.1, -0.05) is 6.07 Å². The van der Waals surface area contributed by atoms with Gasteiger partial charge in [0.05, 0.1) is 6.54 Å². The zero-order valence-corrected chi connectivity index (χ0v) is 15.5. The van der Waals surface area contributed by atoms with Gasteiger partial charge in [0, 0.05) is 43.5 Å². The molecule has 1 aromatic carbocycles. The molecule has 3 heterocycles. The highest BCUT2D eigenvalue weighted by Crippen LogP contribution is 2.27. The van der Waals surface area contributed by atoms with Crippen molar-refractivity contribution >= 4 is 23.4 Å². The molecule has 5 heteroatoms. The first-order valence-electron chi connectivity index (χ1n) is 8.55. The lowest BCUT2D eigenvalue weighted by molar-refractivity contribution is 0.143. The minimum Gasteiger partial charge on any atom is -0.460 e. The fourth-order valence-electron chi connectivity index (χ4n) is 3.47. The Hall–Kier alpha value is -1.88. The molecule has 3 aromatic rings. The Morgan fingerprint density at radius 3 is 2.88 bits per heavy atom. The maximum Gasteiger partial charge on any atom is 0.134 e. The Labute approximate surface area is 154 Å². The van der Waals surface area contributed by atoms with E-state index in [2.05, 4.69) is 53.3 Å². The van der Waals surface area contributed by atoms with Crippen LogP contribution in [0.15, 0.2) is 47.1 Å². The number of benzene rings is 1. The molecule has 0 spiro atoms. The quantitative estimate of drug-likeness (QED) is 0.768. The first-order chi connectivity index (χ1) is 11.7. The second-order valence-electron chi connectivity index (χ2n) is 6.66. The van der Waals surface area contributed by atoms with Crippen molar-refractivity contribution < 1.29 is 4.42 Å². The number of nitrogens with zero attached hydrogens (tertiary/aromatic N) is 2. The normalized spacial score (nSPS) is 18.2. The monoisotopic (exact) mass is 357 g/mol. The van der Waals surface area contributed by atoms with Gasteiger partial charge in [0.1, 0.15) is 11.3 Å². The van der Waals surface area contributed by atoms with Crippen molar-refractivity contribution in [2.75, 3.05) is 19.6 Å². The largest absolute Gasteiger partial charge is 0.460 e. The van der Waals surface area contributed by atoms with Crippen LogP contribution in [0.5, 0.6) is 0 Å². The lowest BCUT2D eigenvalue weighted by Gasteiger charge is -2.35. The molecule has 0 amide bonds. The number of aromatic nitrogens is 1. The summed E-state index contributed by atoms with van der Waals surface area (Å²) in [4.78, 5) is 6.75. The van der Waals surface area contributed by atoms with E-state index in [0.717, 1.165) is 37.5 Å². The van der Waals surface area contributed by atoms with Crippen molar-refractivity contribution in [1.82, 2.24) is 15.2 Å². The summed E-state index contributed by atoms with van der Waals surface area (Å²) in [6.07, 6.45) is 3.80. The van der Waals surface area contributed by atoms with Gasteiger partial charge < -0.3 is 9.73 Å². The molecule has 0 bridgehead atoms. The molecule has 1 atom stereocenters. The van der Waals surface area contributed by atoms with Crippen LogP contribution in [0, 0.1) is 13.8 Å². The number of aryl methyl sites for hydroxylation is 2. The van der Waals surface area contributed by atoms with Crippen molar-refractivity contribution in [1.29, 1.82) is 0 Å². The molecule has 25 heavy (non-hydrogen) atoms. The van der Waals surface area contributed by atoms with E-state index in [4.69, 9.17) is 4.42 Å². The summed E-state index contributed by atoms with van der Waals surface area (Å²) < 4.78 is 6.11. The molecule has 1 saturated heterocycles. The molecule has 2 aromatic heterocycles. The van der Waals surface area contributed by atoms with Crippen LogP contribution in [0.3, 0.4) is 0 Å². The Morgan fingerprint density at radius 1 is 1.24 bits per heavy atom. The van der Waals surface area contributed by atoms with Crippen molar-refractivity contribution in [3.8, 4) is 0 Å². The van der Waals surface area contributed by atoms with Crippen LogP contribution in [0.4, 0.5) is 0 Å². The first-order valence-corrected chi connectivity index (χ1v) is 8.55. The number of hydrogen-bond acceptors (Lipinski definition) is 4. The number of piperazine rings is 1. The molecule has 1 N–H and O–H groups in total. The molecule has 0 saturated carbocycles. The van der Waals surface area contributed by atoms with Crippen LogP contribution in [0.2, 0.25) is 0 Å². The molecular weight excluding hydrogens is 334 g/mol. The SMILES string of the molecule is Cc1cc2cc(CN3CCNCC3c3cccnc3)oc2cc1C.Cl. The molecule has 0 aliphatic carbocycles. The number of pyridine rings is 1. The minimum atomic E-state index is 0. The highest BCUT2D eigenvalue weighted by molar-refractivity contribution is 5.85. The third-order valence-electron chi connectivity index (χ3n) is 4.97. The fourth-order valence-corrected chi connectivity index (χ4v) is 3.47. The summed E-state index contributed by atoms with van der Waals surface area (Å²) in [5.41, 5.74) is 4.83. The molecule has 132 valence electrons. The standard InChI is InChI=1S/C20H23N3O.ClH/c1-14-8-17-10-18(24-20(17)9-15(14)2)13-23-7-6-22-12-19(23)16-4-3-5-21-11-16;/h3-5,8-11,19,22H,6-7,12-13H2,1-2H3;1H. The zero-order valence-electron chi connectivity index (χ0n) is 14.7.